The number of hydrogen-bond acceptors (Lipinski definition) is 3. The summed E-state index contributed by atoms with van der Waals surface area (Å²) in [5.74, 6) is 1.63. The smallest absolute Gasteiger partial charge is 0.272 e. The first kappa shape index (κ1) is 14.4. The standard InChI is InChI=1S/C17H25N3O/c1-2-18-16-11-5-9-14(19-16)17(21)20-12-6-8-13-7-3-4-10-15(13)20/h5,9,11,13,15H,2-4,6-8,10,12H2,1H3,(H,18,19)/t13-,15-/m1/s1. The number of carbonyl (C=O) groups excluding carboxylic acids is 1. The van der Waals surface area contributed by atoms with E-state index in [0.29, 0.717) is 17.7 Å². The van der Waals surface area contributed by atoms with Crippen molar-refractivity contribution in [3.05, 3.63) is 23.9 Å². The molecule has 2 aliphatic rings. The number of amides is 1. The minimum Gasteiger partial charge on any atom is -0.370 e. The minimum atomic E-state index is 0.117. The molecular formula is C17H25N3O. The SMILES string of the molecule is CCNc1cccc(C(=O)N2CCC[C@H]3CCCC[C@H]32)n1. The summed E-state index contributed by atoms with van der Waals surface area (Å²) in [4.78, 5) is 19.4. The highest BCUT2D eigenvalue weighted by Crippen LogP contribution is 2.35. The predicted molar refractivity (Wildman–Crippen MR) is 84.4 cm³/mol. The Kier molecular flexibility index (Phi) is 4.42. The quantitative estimate of drug-likeness (QED) is 0.927. The fourth-order valence-electron chi connectivity index (χ4n) is 3.86. The highest BCUT2D eigenvalue weighted by atomic mass is 16.2. The van der Waals surface area contributed by atoms with E-state index in [1.165, 1.54) is 32.1 Å². The van der Waals surface area contributed by atoms with Crippen molar-refractivity contribution >= 4 is 11.7 Å². The number of nitrogens with one attached hydrogen (secondary N) is 1. The van der Waals surface area contributed by atoms with Crippen LogP contribution in [0.5, 0.6) is 0 Å². The number of rotatable bonds is 3. The maximum atomic E-state index is 12.8. The van der Waals surface area contributed by atoms with Crippen LogP contribution in [0.15, 0.2) is 18.2 Å². The Morgan fingerprint density at radius 2 is 2.10 bits per heavy atom. The number of carbonyl (C=O) groups is 1. The summed E-state index contributed by atoms with van der Waals surface area (Å²) in [6.07, 6.45) is 7.48. The molecule has 114 valence electrons. The van der Waals surface area contributed by atoms with E-state index < -0.39 is 0 Å². The van der Waals surface area contributed by atoms with Gasteiger partial charge in [0.15, 0.2) is 0 Å². The Hall–Kier alpha value is -1.58. The van der Waals surface area contributed by atoms with Crippen molar-refractivity contribution in [3.8, 4) is 0 Å². The molecule has 2 fully saturated rings. The van der Waals surface area contributed by atoms with E-state index >= 15 is 0 Å². The molecular weight excluding hydrogens is 262 g/mol. The van der Waals surface area contributed by atoms with Crippen LogP contribution in [0.4, 0.5) is 5.82 Å². The van der Waals surface area contributed by atoms with Gasteiger partial charge in [-0.15, -0.1) is 0 Å². The van der Waals surface area contributed by atoms with Crippen LogP contribution >= 0.6 is 0 Å². The lowest BCUT2D eigenvalue weighted by molar-refractivity contribution is 0.0385. The van der Waals surface area contributed by atoms with Gasteiger partial charge >= 0.3 is 0 Å². The van der Waals surface area contributed by atoms with Crippen molar-refractivity contribution in [2.24, 2.45) is 5.92 Å². The number of pyridine rings is 1. The topological polar surface area (TPSA) is 45.2 Å². The van der Waals surface area contributed by atoms with E-state index in [4.69, 9.17) is 0 Å². The summed E-state index contributed by atoms with van der Waals surface area (Å²) >= 11 is 0. The number of hydrogen-bond donors (Lipinski definition) is 1. The van der Waals surface area contributed by atoms with Gasteiger partial charge in [0, 0.05) is 19.1 Å². The highest BCUT2D eigenvalue weighted by Gasteiger charge is 2.36. The van der Waals surface area contributed by atoms with Crippen molar-refractivity contribution in [3.63, 3.8) is 0 Å². The maximum absolute atomic E-state index is 12.8. The van der Waals surface area contributed by atoms with Gasteiger partial charge < -0.3 is 10.2 Å². The van der Waals surface area contributed by atoms with Crippen LogP contribution in [0, 0.1) is 5.92 Å². The predicted octanol–water partition coefficient (Wildman–Crippen LogP) is 3.31. The normalized spacial score (nSPS) is 25.3. The number of likely N-dealkylation sites (tertiary alicyclic amines) is 1. The van der Waals surface area contributed by atoms with Crippen molar-refractivity contribution in [1.82, 2.24) is 9.88 Å². The van der Waals surface area contributed by atoms with Crippen molar-refractivity contribution in [2.75, 3.05) is 18.4 Å². The van der Waals surface area contributed by atoms with Gasteiger partial charge in [-0.05, 0) is 50.7 Å². The summed E-state index contributed by atoms with van der Waals surface area (Å²) in [5.41, 5.74) is 0.583. The van der Waals surface area contributed by atoms with Crippen LogP contribution in [-0.4, -0.2) is 34.9 Å². The lowest BCUT2D eigenvalue weighted by Gasteiger charge is -2.44. The second kappa shape index (κ2) is 6.46. The number of fused-ring (bicyclic) bond motifs is 1. The van der Waals surface area contributed by atoms with Gasteiger partial charge in [0.2, 0.25) is 0 Å². The van der Waals surface area contributed by atoms with E-state index in [0.717, 1.165) is 25.3 Å². The molecule has 1 aliphatic carbocycles. The van der Waals surface area contributed by atoms with Gasteiger partial charge in [0.25, 0.3) is 5.91 Å². The molecule has 4 heteroatoms. The second-order valence-corrected chi connectivity index (χ2v) is 6.19. The third kappa shape index (κ3) is 3.04. The Balaban J connectivity index is 1.78. The average molecular weight is 287 g/mol. The van der Waals surface area contributed by atoms with E-state index in [9.17, 15) is 4.79 Å². The molecule has 0 bridgehead atoms. The molecule has 4 nitrogen and oxygen atoms in total. The first-order chi connectivity index (χ1) is 10.3. The van der Waals surface area contributed by atoms with Gasteiger partial charge in [-0.2, -0.15) is 0 Å². The largest absolute Gasteiger partial charge is 0.370 e. The van der Waals surface area contributed by atoms with Crippen LogP contribution in [-0.2, 0) is 0 Å². The van der Waals surface area contributed by atoms with E-state index in [-0.39, 0.29) is 5.91 Å². The lowest BCUT2D eigenvalue weighted by Crippen LogP contribution is -2.49. The zero-order valence-corrected chi connectivity index (χ0v) is 12.8. The Morgan fingerprint density at radius 1 is 1.29 bits per heavy atom. The monoisotopic (exact) mass is 287 g/mol. The molecule has 1 saturated heterocycles. The third-order valence-corrected chi connectivity index (χ3v) is 4.83. The Labute approximate surface area is 126 Å². The van der Waals surface area contributed by atoms with Crippen LogP contribution < -0.4 is 5.32 Å². The summed E-state index contributed by atoms with van der Waals surface area (Å²) in [7, 11) is 0. The molecule has 3 rings (SSSR count). The molecule has 1 amide bonds. The Morgan fingerprint density at radius 3 is 2.95 bits per heavy atom. The maximum Gasteiger partial charge on any atom is 0.272 e. The van der Waals surface area contributed by atoms with Crippen LogP contribution in [0.3, 0.4) is 0 Å². The molecule has 1 N–H and O–H groups in total. The zero-order valence-electron chi connectivity index (χ0n) is 12.8. The van der Waals surface area contributed by atoms with E-state index in [1.807, 2.05) is 25.1 Å². The number of aromatic nitrogens is 1. The zero-order chi connectivity index (χ0) is 14.7. The van der Waals surface area contributed by atoms with Gasteiger partial charge in [-0.25, -0.2) is 4.98 Å². The highest BCUT2D eigenvalue weighted by molar-refractivity contribution is 5.93. The first-order valence-corrected chi connectivity index (χ1v) is 8.31. The lowest BCUT2D eigenvalue weighted by atomic mass is 9.78. The molecule has 1 aliphatic heterocycles. The molecule has 0 spiro atoms. The van der Waals surface area contributed by atoms with Gasteiger partial charge in [0.05, 0.1) is 0 Å². The first-order valence-electron chi connectivity index (χ1n) is 8.31. The van der Waals surface area contributed by atoms with Gasteiger partial charge in [0.1, 0.15) is 11.5 Å². The summed E-state index contributed by atoms with van der Waals surface area (Å²) in [6, 6.07) is 6.13. The molecule has 21 heavy (non-hydrogen) atoms. The van der Waals surface area contributed by atoms with Crippen molar-refractivity contribution in [2.45, 2.75) is 51.5 Å². The fourth-order valence-corrected chi connectivity index (χ4v) is 3.86. The van der Waals surface area contributed by atoms with Crippen molar-refractivity contribution in [1.29, 1.82) is 0 Å². The molecule has 2 atom stereocenters. The summed E-state index contributed by atoms with van der Waals surface area (Å²) in [6.45, 7) is 3.75. The number of piperidine rings is 1. The molecule has 1 aromatic rings. The van der Waals surface area contributed by atoms with Gasteiger partial charge in [-0.1, -0.05) is 18.9 Å². The third-order valence-electron chi connectivity index (χ3n) is 4.83. The minimum absolute atomic E-state index is 0.117. The number of anilines is 1. The van der Waals surface area contributed by atoms with E-state index in [1.54, 1.807) is 0 Å². The van der Waals surface area contributed by atoms with Gasteiger partial charge in [-0.3, -0.25) is 4.79 Å². The molecule has 1 aromatic heterocycles. The van der Waals surface area contributed by atoms with Crippen LogP contribution in [0.25, 0.3) is 0 Å². The van der Waals surface area contributed by atoms with Crippen LogP contribution in [0.2, 0.25) is 0 Å². The molecule has 1 saturated carbocycles. The Bertz CT molecular complexity index is 501. The molecule has 0 radical (unpaired) electrons. The number of nitrogens with zero attached hydrogens (tertiary/aromatic N) is 2. The fraction of sp³-hybridized carbons (Fsp3) is 0.647. The second-order valence-electron chi connectivity index (χ2n) is 6.19. The molecule has 2 heterocycles. The molecule has 0 unspecified atom stereocenters. The summed E-state index contributed by atoms with van der Waals surface area (Å²) in [5, 5.41) is 3.18. The average Bonchev–Trinajstić information content (AvgIpc) is 2.54. The summed E-state index contributed by atoms with van der Waals surface area (Å²) < 4.78 is 0. The van der Waals surface area contributed by atoms with E-state index in [2.05, 4.69) is 15.2 Å². The van der Waals surface area contributed by atoms with Crippen LogP contribution in [0.1, 0.15) is 55.9 Å². The van der Waals surface area contributed by atoms with Crippen molar-refractivity contribution < 1.29 is 4.79 Å². The molecule has 0 aromatic carbocycles.